The fourth-order valence-electron chi connectivity index (χ4n) is 2.82. The Kier molecular flexibility index (Phi) is 3.22. The zero-order valence-corrected chi connectivity index (χ0v) is 12.0. The first-order valence-electron chi connectivity index (χ1n) is 6.40. The molecule has 1 aromatic heterocycles. The third-order valence-corrected chi connectivity index (χ3v) is 4.46. The Hall–Kier alpha value is -1.49. The molecule has 0 saturated carbocycles. The van der Waals surface area contributed by atoms with Crippen molar-refractivity contribution in [1.29, 1.82) is 0 Å². The van der Waals surface area contributed by atoms with E-state index in [1.165, 1.54) is 10.3 Å². The van der Waals surface area contributed by atoms with Gasteiger partial charge in [0.1, 0.15) is 0 Å². The predicted molar refractivity (Wildman–Crippen MR) is 77.5 cm³/mol. The number of amides is 1. The minimum absolute atomic E-state index is 0.233. The number of nitrogens with zero attached hydrogens (tertiary/aromatic N) is 2. The van der Waals surface area contributed by atoms with Crippen molar-refractivity contribution in [2.75, 3.05) is 13.1 Å². The molecule has 1 aromatic carbocycles. The largest absolute Gasteiger partial charge is 0.465 e. The number of carbonyl (C=O) groups is 1. The smallest absolute Gasteiger partial charge is 0.407 e. The molecule has 1 aliphatic heterocycles. The highest BCUT2D eigenvalue weighted by atomic mass is 79.9. The Morgan fingerprint density at radius 3 is 3.00 bits per heavy atom. The van der Waals surface area contributed by atoms with Crippen LogP contribution in [0.25, 0.3) is 10.9 Å². The molecule has 1 atom stereocenters. The van der Waals surface area contributed by atoms with Gasteiger partial charge < -0.3 is 14.6 Å². The molecule has 0 spiro atoms. The van der Waals surface area contributed by atoms with Gasteiger partial charge in [-0.25, -0.2) is 4.79 Å². The van der Waals surface area contributed by atoms with Gasteiger partial charge in [-0.1, -0.05) is 22.0 Å². The van der Waals surface area contributed by atoms with Gasteiger partial charge in [-0.3, -0.25) is 0 Å². The summed E-state index contributed by atoms with van der Waals surface area (Å²) in [5, 5.41) is 10.3. The van der Waals surface area contributed by atoms with Crippen molar-refractivity contribution in [3.8, 4) is 0 Å². The Morgan fingerprint density at radius 2 is 2.21 bits per heavy atom. The van der Waals surface area contributed by atoms with E-state index in [1.54, 1.807) is 0 Å². The lowest BCUT2D eigenvalue weighted by molar-refractivity contribution is 0.122. The van der Waals surface area contributed by atoms with Crippen LogP contribution in [0.3, 0.4) is 0 Å². The Labute approximate surface area is 119 Å². The van der Waals surface area contributed by atoms with Crippen molar-refractivity contribution in [2.45, 2.75) is 18.9 Å². The Bertz CT molecular complexity index is 623. The highest BCUT2D eigenvalue weighted by Gasteiger charge is 2.24. The fourth-order valence-corrected chi connectivity index (χ4v) is 3.31. The number of piperidine rings is 1. The van der Waals surface area contributed by atoms with Crippen molar-refractivity contribution in [2.24, 2.45) is 0 Å². The molecule has 2 aromatic rings. The highest BCUT2D eigenvalue weighted by molar-refractivity contribution is 9.10. The van der Waals surface area contributed by atoms with Crippen molar-refractivity contribution in [1.82, 2.24) is 9.47 Å². The van der Waals surface area contributed by atoms with Crippen molar-refractivity contribution in [3.63, 3.8) is 0 Å². The second kappa shape index (κ2) is 4.89. The van der Waals surface area contributed by atoms with Gasteiger partial charge in [-0.15, -0.1) is 0 Å². The quantitative estimate of drug-likeness (QED) is 0.869. The maximum absolute atomic E-state index is 11.1. The summed E-state index contributed by atoms with van der Waals surface area (Å²) in [6.45, 7) is 1.22. The van der Waals surface area contributed by atoms with Gasteiger partial charge in [0.25, 0.3) is 0 Å². The molecule has 100 valence electrons. The number of rotatable bonds is 1. The van der Waals surface area contributed by atoms with Gasteiger partial charge in [0.05, 0.1) is 6.04 Å². The summed E-state index contributed by atoms with van der Waals surface area (Å²) < 4.78 is 3.28. The van der Waals surface area contributed by atoms with Crippen LogP contribution in [0.2, 0.25) is 0 Å². The van der Waals surface area contributed by atoms with Crippen LogP contribution in [-0.2, 0) is 0 Å². The summed E-state index contributed by atoms with van der Waals surface area (Å²) in [5.41, 5.74) is 1.16. The van der Waals surface area contributed by atoms with E-state index in [2.05, 4.69) is 38.8 Å². The van der Waals surface area contributed by atoms with Gasteiger partial charge in [-0.05, 0) is 31.0 Å². The average molecular weight is 323 g/mol. The van der Waals surface area contributed by atoms with Gasteiger partial charge >= 0.3 is 6.09 Å². The maximum atomic E-state index is 11.1. The third-order valence-electron chi connectivity index (χ3n) is 3.77. The molecule has 0 radical (unpaired) electrons. The lowest BCUT2D eigenvalue weighted by Crippen LogP contribution is -2.39. The summed E-state index contributed by atoms with van der Waals surface area (Å²) in [5.74, 6) is 0. The molecule has 2 heterocycles. The van der Waals surface area contributed by atoms with Crippen LogP contribution in [0.1, 0.15) is 18.9 Å². The van der Waals surface area contributed by atoms with Crippen LogP contribution in [0.4, 0.5) is 4.79 Å². The molecule has 1 fully saturated rings. The van der Waals surface area contributed by atoms with E-state index >= 15 is 0 Å². The van der Waals surface area contributed by atoms with Crippen molar-refractivity contribution >= 4 is 32.9 Å². The van der Waals surface area contributed by atoms with E-state index in [0.717, 1.165) is 22.8 Å². The lowest BCUT2D eigenvalue weighted by atomic mass is 10.1. The number of benzene rings is 1. The molecule has 5 heteroatoms. The topological polar surface area (TPSA) is 45.5 Å². The molecule has 3 rings (SSSR count). The first-order valence-corrected chi connectivity index (χ1v) is 7.19. The Morgan fingerprint density at radius 1 is 1.37 bits per heavy atom. The second-order valence-corrected chi connectivity index (χ2v) is 5.77. The van der Waals surface area contributed by atoms with E-state index in [1.807, 2.05) is 12.1 Å². The van der Waals surface area contributed by atoms with E-state index in [-0.39, 0.29) is 6.04 Å². The summed E-state index contributed by atoms with van der Waals surface area (Å²) in [6, 6.07) is 8.44. The van der Waals surface area contributed by atoms with Crippen LogP contribution in [-0.4, -0.2) is 33.8 Å². The zero-order chi connectivity index (χ0) is 13.4. The van der Waals surface area contributed by atoms with Gasteiger partial charge in [0.2, 0.25) is 0 Å². The molecular weight excluding hydrogens is 308 g/mol. The molecule has 19 heavy (non-hydrogen) atoms. The first kappa shape index (κ1) is 12.5. The number of fused-ring (bicyclic) bond motifs is 1. The number of aromatic nitrogens is 1. The molecular formula is C14H15BrN2O2. The van der Waals surface area contributed by atoms with Crippen LogP contribution >= 0.6 is 15.9 Å². The Balaban J connectivity index is 1.96. The summed E-state index contributed by atoms with van der Waals surface area (Å²) in [7, 11) is 0. The van der Waals surface area contributed by atoms with Crippen LogP contribution < -0.4 is 0 Å². The van der Waals surface area contributed by atoms with Crippen LogP contribution in [0, 0.1) is 0 Å². The van der Waals surface area contributed by atoms with Crippen LogP contribution in [0.5, 0.6) is 0 Å². The third kappa shape index (κ3) is 2.23. The van der Waals surface area contributed by atoms with E-state index < -0.39 is 6.09 Å². The standard InChI is InChI=1S/C14H15BrN2O2/c15-12-4-1-5-13-11(12)6-8-17(13)10-3-2-7-16(9-10)14(18)19/h1,4-6,8,10H,2-3,7,9H2,(H,18,19)/t10-/m0/s1. The average Bonchev–Trinajstić information content (AvgIpc) is 2.84. The molecule has 1 amide bonds. The monoisotopic (exact) mass is 322 g/mol. The second-order valence-electron chi connectivity index (χ2n) is 4.92. The number of halogens is 1. The maximum Gasteiger partial charge on any atom is 0.407 e. The molecule has 1 aliphatic rings. The molecule has 0 unspecified atom stereocenters. The van der Waals surface area contributed by atoms with Crippen LogP contribution in [0.15, 0.2) is 34.9 Å². The van der Waals surface area contributed by atoms with Crippen molar-refractivity contribution < 1.29 is 9.90 Å². The van der Waals surface area contributed by atoms with Crippen molar-refractivity contribution in [3.05, 3.63) is 34.9 Å². The van der Waals surface area contributed by atoms with Gasteiger partial charge in [0, 0.05) is 34.7 Å². The van der Waals surface area contributed by atoms with E-state index in [9.17, 15) is 4.79 Å². The number of carboxylic acid groups (broad SMARTS) is 1. The predicted octanol–water partition coefficient (Wildman–Crippen LogP) is 3.72. The SMILES string of the molecule is O=C(O)N1CCC[C@H](n2ccc3c(Br)cccc32)C1. The van der Waals surface area contributed by atoms with Gasteiger partial charge in [-0.2, -0.15) is 0 Å². The number of hydrogen-bond donors (Lipinski definition) is 1. The molecule has 1 saturated heterocycles. The fraction of sp³-hybridized carbons (Fsp3) is 0.357. The summed E-state index contributed by atoms with van der Waals surface area (Å²) in [6.07, 6.45) is 3.19. The molecule has 4 nitrogen and oxygen atoms in total. The molecule has 0 aliphatic carbocycles. The minimum Gasteiger partial charge on any atom is -0.465 e. The van der Waals surface area contributed by atoms with E-state index in [4.69, 9.17) is 5.11 Å². The normalized spacial score (nSPS) is 19.8. The number of hydrogen-bond acceptors (Lipinski definition) is 1. The minimum atomic E-state index is -0.817. The number of likely N-dealkylation sites (tertiary alicyclic amines) is 1. The highest BCUT2D eigenvalue weighted by Crippen LogP contribution is 2.30. The summed E-state index contributed by atoms with van der Waals surface area (Å²) in [4.78, 5) is 12.6. The summed E-state index contributed by atoms with van der Waals surface area (Å²) >= 11 is 3.55. The van der Waals surface area contributed by atoms with Gasteiger partial charge in [0.15, 0.2) is 0 Å². The first-order chi connectivity index (χ1) is 9.16. The lowest BCUT2D eigenvalue weighted by Gasteiger charge is -2.32. The zero-order valence-electron chi connectivity index (χ0n) is 10.4. The van der Waals surface area contributed by atoms with E-state index in [0.29, 0.717) is 13.1 Å². The molecule has 1 N–H and O–H groups in total. The molecule has 0 bridgehead atoms.